The van der Waals surface area contributed by atoms with Crippen molar-refractivity contribution in [3.63, 3.8) is 0 Å². The van der Waals surface area contributed by atoms with Gasteiger partial charge in [0.15, 0.2) is 5.16 Å². The molecule has 2 aliphatic rings. The van der Waals surface area contributed by atoms with Gasteiger partial charge in [0.05, 0.1) is 19.4 Å². The summed E-state index contributed by atoms with van der Waals surface area (Å²) in [6.45, 7) is 6.89. The second-order valence-corrected chi connectivity index (χ2v) is 9.39. The molecule has 9 nitrogen and oxygen atoms in total. The average Bonchev–Trinajstić information content (AvgIpc) is 3.23. The zero-order valence-corrected chi connectivity index (χ0v) is 20.2. The second kappa shape index (κ2) is 11.0. The molecule has 2 aliphatic heterocycles. The maximum Gasteiger partial charge on any atom is 0.236 e. The molecule has 2 amide bonds. The van der Waals surface area contributed by atoms with E-state index in [0.717, 1.165) is 56.3 Å². The Morgan fingerprint density at radius 1 is 0.909 bits per heavy atom. The third-order valence-corrected chi connectivity index (χ3v) is 7.16. The van der Waals surface area contributed by atoms with Crippen LogP contribution in [-0.2, 0) is 9.59 Å². The van der Waals surface area contributed by atoms with E-state index < -0.39 is 0 Å². The van der Waals surface area contributed by atoms with Gasteiger partial charge in [-0.05, 0) is 50.5 Å². The van der Waals surface area contributed by atoms with E-state index in [0.29, 0.717) is 30.5 Å². The molecule has 2 aromatic rings. The fourth-order valence-corrected chi connectivity index (χ4v) is 5.17. The monoisotopic (exact) mass is 472 g/mol. The van der Waals surface area contributed by atoms with Gasteiger partial charge in [0.25, 0.3) is 0 Å². The van der Waals surface area contributed by atoms with Crippen molar-refractivity contribution in [1.29, 1.82) is 0 Å². The third-order valence-electron chi connectivity index (χ3n) is 6.24. The normalized spacial score (nSPS) is 17.3. The lowest BCUT2D eigenvalue weighted by Gasteiger charge is -2.36. The van der Waals surface area contributed by atoms with Crippen LogP contribution in [0.2, 0.25) is 0 Å². The number of ether oxygens (including phenoxy) is 1. The number of rotatable bonds is 7. The van der Waals surface area contributed by atoms with Gasteiger partial charge in [-0.15, -0.1) is 10.2 Å². The first-order valence-electron chi connectivity index (χ1n) is 11.5. The molecule has 2 saturated heterocycles. The number of hydrogen-bond acceptors (Lipinski definition) is 7. The van der Waals surface area contributed by atoms with Crippen molar-refractivity contribution in [3.05, 3.63) is 30.1 Å². The Morgan fingerprint density at radius 3 is 2.24 bits per heavy atom. The number of thioether (sulfide) groups is 1. The van der Waals surface area contributed by atoms with E-state index in [1.54, 1.807) is 7.11 Å². The SMILES string of the molecule is COc1ccc(-n2c(C)nnc2SCC(=O)N2CCN(CC(=O)N3CCCCC3)CC2)cc1. The number of piperidine rings is 1. The van der Waals surface area contributed by atoms with E-state index in [9.17, 15) is 9.59 Å². The van der Waals surface area contributed by atoms with Crippen LogP contribution in [0, 0.1) is 6.92 Å². The Bertz CT molecular complexity index is 950. The minimum Gasteiger partial charge on any atom is -0.497 e. The highest BCUT2D eigenvalue weighted by Crippen LogP contribution is 2.24. The number of likely N-dealkylation sites (tertiary alicyclic amines) is 1. The van der Waals surface area contributed by atoms with Crippen molar-refractivity contribution in [2.75, 3.05) is 58.7 Å². The van der Waals surface area contributed by atoms with Crippen LogP contribution in [0.3, 0.4) is 0 Å². The zero-order chi connectivity index (χ0) is 23.2. The van der Waals surface area contributed by atoms with Crippen LogP contribution in [0.1, 0.15) is 25.1 Å². The fourth-order valence-electron chi connectivity index (χ4n) is 4.27. The molecular weight excluding hydrogens is 440 g/mol. The summed E-state index contributed by atoms with van der Waals surface area (Å²) in [5, 5.41) is 9.15. The number of methoxy groups -OCH3 is 1. The van der Waals surface area contributed by atoms with Crippen LogP contribution >= 0.6 is 11.8 Å². The minimum atomic E-state index is 0.0870. The fraction of sp³-hybridized carbons (Fsp3) is 0.565. The Morgan fingerprint density at radius 2 is 1.58 bits per heavy atom. The van der Waals surface area contributed by atoms with Crippen LogP contribution in [0.25, 0.3) is 5.69 Å². The van der Waals surface area contributed by atoms with Crippen molar-refractivity contribution >= 4 is 23.6 Å². The lowest BCUT2D eigenvalue weighted by Crippen LogP contribution is -2.52. The predicted molar refractivity (Wildman–Crippen MR) is 127 cm³/mol. The van der Waals surface area contributed by atoms with E-state index in [1.165, 1.54) is 18.2 Å². The number of aryl methyl sites for hydroxylation is 1. The van der Waals surface area contributed by atoms with Crippen LogP contribution in [0.5, 0.6) is 5.75 Å². The number of carbonyl (C=O) groups is 2. The molecule has 0 aliphatic carbocycles. The lowest BCUT2D eigenvalue weighted by atomic mass is 10.1. The number of carbonyl (C=O) groups excluding carboxylic acids is 2. The molecule has 0 saturated carbocycles. The summed E-state index contributed by atoms with van der Waals surface area (Å²) < 4.78 is 7.18. The summed E-state index contributed by atoms with van der Waals surface area (Å²) in [6, 6.07) is 7.69. The number of nitrogens with zero attached hydrogens (tertiary/aromatic N) is 6. The number of hydrogen-bond donors (Lipinski definition) is 0. The van der Waals surface area contributed by atoms with Gasteiger partial charge in [0, 0.05) is 45.0 Å². The van der Waals surface area contributed by atoms with Gasteiger partial charge < -0.3 is 14.5 Å². The second-order valence-electron chi connectivity index (χ2n) is 8.45. The molecule has 0 atom stereocenters. The number of amides is 2. The van der Waals surface area contributed by atoms with Gasteiger partial charge in [-0.25, -0.2) is 0 Å². The smallest absolute Gasteiger partial charge is 0.236 e. The van der Waals surface area contributed by atoms with Crippen molar-refractivity contribution in [1.82, 2.24) is 29.5 Å². The lowest BCUT2D eigenvalue weighted by molar-refractivity contribution is -0.134. The van der Waals surface area contributed by atoms with E-state index in [2.05, 4.69) is 15.1 Å². The molecule has 33 heavy (non-hydrogen) atoms. The highest BCUT2D eigenvalue weighted by Gasteiger charge is 2.25. The Kier molecular flexibility index (Phi) is 7.87. The molecule has 0 spiro atoms. The number of benzene rings is 1. The summed E-state index contributed by atoms with van der Waals surface area (Å²) in [5.41, 5.74) is 0.931. The number of piperazine rings is 1. The largest absolute Gasteiger partial charge is 0.497 e. The van der Waals surface area contributed by atoms with Crippen molar-refractivity contribution in [2.45, 2.75) is 31.3 Å². The minimum absolute atomic E-state index is 0.0870. The van der Waals surface area contributed by atoms with Crippen LogP contribution in [0.4, 0.5) is 0 Å². The molecule has 3 heterocycles. The predicted octanol–water partition coefficient (Wildman–Crippen LogP) is 1.83. The molecular formula is C23H32N6O3S. The maximum absolute atomic E-state index is 12.8. The molecule has 0 unspecified atom stereocenters. The van der Waals surface area contributed by atoms with E-state index >= 15 is 0 Å². The van der Waals surface area contributed by atoms with Crippen molar-refractivity contribution < 1.29 is 14.3 Å². The molecule has 0 radical (unpaired) electrons. The van der Waals surface area contributed by atoms with E-state index in [4.69, 9.17) is 4.74 Å². The van der Waals surface area contributed by atoms with Gasteiger partial charge in [0.1, 0.15) is 11.6 Å². The molecule has 178 valence electrons. The summed E-state index contributed by atoms with van der Waals surface area (Å²) in [5.74, 6) is 2.16. The van der Waals surface area contributed by atoms with Gasteiger partial charge in [-0.1, -0.05) is 11.8 Å². The first-order chi connectivity index (χ1) is 16.0. The molecule has 0 bridgehead atoms. The molecule has 2 fully saturated rings. The standard InChI is InChI=1S/C23H32N6O3S/c1-18-24-25-23(29(18)19-6-8-20(32-2)9-7-19)33-17-22(31)28-14-12-26(13-15-28)16-21(30)27-10-4-3-5-11-27/h6-9H,3-5,10-17H2,1-2H3. The summed E-state index contributed by atoms with van der Waals surface area (Å²) in [6.07, 6.45) is 3.44. The van der Waals surface area contributed by atoms with Crippen molar-refractivity contribution in [3.8, 4) is 11.4 Å². The Hall–Kier alpha value is -2.59. The van der Waals surface area contributed by atoms with Gasteiger partial charge in [-0.3, -0.25) is 19.1 Å². The highest BCUT2D eigenvalue weighted by molar-refractivity contribution is 7.99. The van der Waals surface area contributed by atoms with Gasteiger partial charge in [0.2, 0.25) is 11.8 Å². The summed E-state index contributed by atoms with van der Waals surface area (Å²) >= 11 is 1.40. The highest BCUT2D eigenvalue weighted by atomic mass is 32.2. The first-order valence-corrected chi connectivity index (χ1v) is 12.5. The zero-order valence-electron chi connectivity index (χ0n) is 19.4. The van der Waals surface area contributed by atoms with Gasteiger partial charge >= 0.3 is 0 Å². The molecule has 10 heteroatoms. The molecule has 1 aromatic carbocycles. The van der Waals surface area contributed by atoms with Crippen LogP contribution in [-0.4, -0.2) is 100.0 Å². The third kappa shape index (κ3) is 5.86. The van der Waals surface area contributed by atoms with Crippen LogP contribution < -0.4 is 4.74 Å². The molecule has 4 rings (SSSR count). The number of aromatic nitrogens is 3. The van der Waals surface area contributed by atoms with E-state index in [1.807, 2.05) is 45.6 Å². The van der Waals surface area contributed by atoms with Gasteiger partial charge in [-0.2, -0.15) is 0 Å². The van der Waals surface area contributed by atoms with Crippen molar-refractivity contribution in [2.24, 2.45) is 0 Å². The van der Waals surface area contributed by atoms with Crippen LogP contribution in [0.15, 0.2) is 29.4 Å². The topological polar surface area (TPSA) is 83.8 Å². The molecule has 1 aromatic heterocycles. The van der Waals surface area contributed by atoms with E-state index in [-0.39, 0.29) is 11.8 Å². The molecule has 0 N–H and O–H groups in total. The average molecular weight is 473 g/mol. The first kappa shape index (κ1) is 23.6. The maximum atomic E-state index is 12.8. The summed E-state index contributed by atoms with van der Waals surface area (Å²) in [4.78, 5) is 31.4. The quantitative estimate of drug-likeness (QED) is 0.569. The Labute approximate surface area is 199 Å². The Balaban J connectivity index is 1.26. The summed E-state index contributed by atoms with van der Waals surface area (Å²) in [7, 11) is 1.64.